The number of nitrogens with zero attached hydrogens (tertiary/aromatic N) is 2. The first-order valence-corrected chi connectivity index (χ1v) is 8.68. The molecule has 0 saturated carbocycles. The molecule has 2 rings (SSSR count). The third-order valence-corrected chi connectivity index (χ3v) is 4.80. The molecule has 1 aliphatic rings. The second-order valence-corrected chi connectivity index (χ2v) is 6.66. The third kappa shape index (κ3) is 4.90. The summed E-state index contributed by atoms with van der Waals surface area (Å²) >= 11 is 2.45. The molecule has 0 aliphatic carbocycles. The smallest absolute Gasteiger partial charge is 0.316 e. The molecule has 2 atom stereocenters. The molecule has 1 saturated heterocycles. The number of anilines is 1. The summed E-state index contributed by atoms with van der Waals surface area (Å²) in [5, 5.41) is 14.0. The Morgan fingerprint density at radius 1 is 1.55 bits per heavy atom. The van der Waals surface area contributed by atoms with Crippen LogP contribution in [-0.2, 0) is 19.1 Å². The number of hydrogen-bond acceptors (Lipinski definition) is 9. The number of esters is 1. The number of nitrogens with one attached hydrogen (secondary N) is 2. The van der Waals surface area contributed by atoms with Gasteiger partial charge in [0.2, 0.25) is 11.0 Å². The van der Waals surface area contributed by atoms with Crippen LogP contribution in [0.25, 0.3) is 0 Å². The molecule has 0 unspecified atom stereocenters. The molecule has 10 heteroatoms. The molecule has 1 aliphatic heterocycles. The van der Waals surface area contributed by atoms with Crippen molar-refractivity contribution in [1.29, 1.82) is 0 Å². The first-order chi connectivity index (χ1) is 10.6. The lowest BCUT2D eigenvalue weighted by Gasteiger charge is -2.28. The van der Waals surface area contributed by atoms with Crippen LogP contribution in [-0.4, -0.2) is 59.7 Å². The second-order valence-electron chi connectivity index (χ2n) is 4.46. The molecule has 8 nitrogen and oxygen atoms in total. The van der Waals surface area contributed by atoms with Gasteiger partial charge in [-0.15, -0.1) is 10.2 Å². The van der Waals surface area contributed by atoms with Gasteiger partial charge in [0.15, 0.2) is 4.34 Å². The lowest BCUT2D eigenvalue weighted by Crippen LogP contribution is -2.53. The zero-order valence-corrected chi connectivity index (χ0v) is 14.0. The van der Waals surface area contributed by atoms with Crippen molar-refractivity contribution >= 4 is 40.1 Å². The Balaban J connectivity index is 1.83. The van der Waals surface area contributed by atoms with Gasteiger partial charge in [-0.1, -0.05) is 23.1 Å². The predicted octanol–water partition coefficient (Wildman–Crippen LogP) is 0.509. The lowest BCUT2D eigenvalue weighted by atomic mass is 10.1. The number of hydrogen-bond donors (Lipinski definition) is 2. The largest absolute Gasteiger partial charge is 0.465 e. The summed E-state index contributed by atoms with van der Waals surface area (Å²) < 4.78 is 10.9. The highest BCUT2D eigenvalue weighted by Gasteiger charge is 2.28. The van der Waals surface area contributed by atoms with Crippen molar-refractivity contribution in [3.63, 3.8) is 0 Å². The minimum absolute atomic E-state index is 0.172. The van der Waals surface area contributed by atoms with Gasteiger partial charge < -0.3 is 14.8 Å². The lowest BCUT2D eigenvalue weighted by molar-refractivity contribution is -0.139. The van der Waals surface area contributed by atoms with Gasteiger partial charge in [-0.25, -0.2) is 0 Å². The van der Waals surface area contributed by atoms with E-state index >= 15 is 0 Å². The van der Waals surface area contributed by atoms with Crippen molar-refractivity contribution < 1.29 is 19.1 Å². The molecule has 1 fully saturated rings. The Bertz CT molecular complexity index is 525. The molecule has 1 aromatic rings. The van der Waals surface area contributed by atoms with Crippen LogP contribution >= 0.6 is 23.1 Å². The number of morpholine rings is 1. The molecule has 0 bridgehead atoms. The summed E-state index contributed by atoms with van der Waals surface area (Å²) in [5.74, 6) is -0.332. The van der Waals surface area contributed by atoms with Gasteiger partial charge in [0.1, 0.15) is 6.04 Å². The topological polar surface area (TPSA) is 102 Å². The predicted molar refractivity (Wildman–Crippen MR) is 83.1 cm³/mol. The number of amides is 1. The van der Waals surface area contributed by atoms with Crippen LogP contribution in [0.1, 0.15) is 13.8 Å². The van der Waals surface area contributed by atoms with E-state index < -0.39 is 6.04 Å². The highest BCUT2D eigenvalue weighted by atomic mass is 32.2. The summed E-state index contributed by atoms with van der Waals surface area (Å²) in [4.78, 5) is 23.4. The van der Waals surface area contributed by atoms with Crippen LogP contribution in [0.4, 0.5) is 5.13 Å². The summed E-state index contributed by atoms with van der Waals surface area (Å²) in [5.41, 5.74) is 0. The van der Waals surface area contributed by atoms with E-state index in [0.717, 1.165) is 0 Å². The molecular formula is C12H18N4O4S2. The second kappa shape index (κ2) is 8.42. The van der Waals surface area contributed by atoms with Gasteiger partial charge in [-0.2, -0.15) is 0 Å². The average molecular weight is 346 g/mol. The highest BCUT2D eigenvalue weighted by molar-refractivity contribution is 8.01. The van der Waals surface area contributed by atoms with Crippen molar-refractivity contribution in [3.05, 3.63) is 0 Å². The fraction of sp³-hybridized carbons (Fsp3) is 0.667. The first-order valence-electron chi connectivity index (χ1n) is 6.88. The Labute approximate surface area is 136 Å². The molecule has 2 N–H and O–H groups in total. The quantitative estimate of drug-likeness (QED) is 0.436. The van der Waals surface area contributed by atoms with Crippen LogP contribution in [0.3, 0.4) is 0 Å². The van der Waals surface area contributed by atoms with Gasteiger partial charge in [0.25, 0.3) is 0 Å². The number of thioether (sulfide) groups is 1. The molecule has 122 valence electrons. The van der Waals surface area contributed by atoms with Gasteiger partial charge >= 0.3 is 5.97 Å². The monoisotopic (exact) mass is 346 g/mol. The molecule has 1 aromatic heterocycles. The number of carbonyl (C=O) groups excluding carboxylic acids is 2. The maximum Gasteiger partial charge on any atom is 0.316 e. The average Bonchev–Trinajstić information content (AvgIpc) is 2.93. The number of aromatic nitrogens is 2. The first kappa shape index (κ1) is 17.1. The number of ether oxygens (including phenoxy) is 2. The molecule has 2 heterocycles. The van der Waals surface area contributed by atoms with Crippen LogP contribution < -0.4 is 10.6 Å². The van der Waals surface area contributed by atoms with Gasteiger partial charge in [0.05, 0.1) is 25.1 Å². The van der Waals surface area contributed by atoms with Crippen molar-refractivity contribution in [1.82, 2.24) is 15.5 Å². The molecule has 1 amide bonds. The zero-order valence-electron chi connectivity index (χ0n) is 12.3. The SMILES string of the molecule is CCOC(=O)CSc1nnc(NC(=O)[C@H]2NCCO[C@@H]2C)s1. The maximum atomic E-state index is 12.1. The van der Waals surface area contributed by atoms with E-state index in [9.17, 15) is 9.59 Å². The van der Waals surface area contributed by atoms with E-state index in [1.54, 1.807) is 6.92 Å². The van der Waals surface area contributed by atoms with E-state index in [4.69, 9.17) is 9.47 Å². The molecular weight excluding hydrogens is 328 g/mol. The molecule has 0 radical (unpaired) electrons. The van der Waals surface area contributed by atoms with E-state index in [1.165, 1.54) is 23.1 Å². The Morgan fingerprint density at radius 3 is 3.09 bits per heavy atom. The van der Waals surface area contributed by atoms with Crippen molar-refractivity contribution in [3.8, 4) is 0 Å². The molecule has 0 aromatic carbocycles. The minimum Gasteiger partial charge on any atom is -0.465 e. The Kier molecular flexibility index (Phi) is 6.55. The van der Waals surface area contributed by atoms with Crippen LogP contribution in [0, 0.1) is 0 Å². The van der Waals surface area contributed by atoms with Crippen LogP contribution in [0.15, 0.2) is 4.34 Å². The number of carbonyl (C=O) groups is 2. The fourth-order valence-corrected chi connectivity index (χ4v) is 3.41. The third-order valence-electron chi connectivity index (χ3n) is 2.85. The van der Waals surface area contributed by atoms with Gasteiger partial charge in [-0.3, -0.25) is 14.9 Å². The molecule has 22 heavy (non-hydrogen) atoms. The van der Waals surface area contributed by atoms with E-state index in [1.807, 2.05) is 6.92 Å². The van der Waals surface area contributed by atoms with Crippen molar-refractivity contribution in [2.45, 2.75) is 30.3 Å². The standard InChI is InChI=1S/C12H18N4O4S2/c1-3-19-8(17)6-21-12-16-15-11(22-12)14-10(18)9-7(2)20-5-4-13-9/h7,9,13H,3-6H2,1-2H3,(H,14,15,18)/t7-,9+/m1/s1. The van der Waals surface area contributed by atoms with Crippen LogP contribution in [0.5, 0.6) is 0 Å². The summed E-state index contributed by atoms with van der Waals surface area (Å²) in [6, 6.07) is -0.409. The van der Waals surface area contributed by atoms with Crippen molar-refractivity contribution in [2.75, 3.05) is 30.8 Å². The Hall–Kier alpha value is -1.23. The summed E-state index contributed by atoms with van der Waals surface area (Å²) in [6.07, 6.45) is -0.195. The van der Waals surface area contributed by atoms with Crippen molar-refractivity contribution in [2.24, 2.45) is 0 Å². The molecule has 0 spiro atoms. The maximum absolute atomic E-state index is 12.1. The normalized spacial score (nSPS) is 21.4. The van der Waals surface area contributed by atoms with Crippen LogP contribution in [0.2, 0.25) is 0 Å². The van der Waals surface area contributed by atoms with Gasteiger partial charge in [0, 0.05) is 6.54 Å². The van der Waals surface area contributed by atoms with Gasteiger partial charge in [-0.05, 0) is 13.8 Å². The number of rotatable bonds is 6. The van der Waals surface area contributed by atoms with E-state index in [-0.39, 0.29) is 23.7 Å². The fourth-order valence-electron chi connectivity index (χ4n) is 1.85. The zero-order chi connectivity index (χ0) is 15.9. The highest BCUT2D eigenvalue weighted by Crippen LogP contribution is 2.25. The van der Waals surface area contributed by atoms with E-state index in [2.05, 4.69) is 20.8 Å². The van der Waals surface area contributed by atoms with E-state index in [0.29, 0.717) is 29.2 Å². The summed E-state index contributed by atoms with van der Waals surface area (Å²) in [6.45, 7) is 5.19. The summed E-state index contributed by atoms with van der Waals surface area (Å²) in [7, 11) is 0. The Morgan fingerprint density at radius 2 is 2.36 bits per heavy atom. The minimum atomic E-state index is -0.409.